The van der Waals surface area contributed by atoms with E-state index in [4.69, 9.17) is 5.73 Å². The Morgan fingerprint density at radius 1 is 1.37 bits per heavy atom. The van der Waals surface area contributed by atoms with Gasteiger partial charge in [0, 0.05) is 12.8 Å². The Hall–Kier alpha value is -1.05. The van der Waals surface area contributed by atoms with Gasteiger partial charge in [0.1, 0.15) is 0 Å². The SMILES string of the molecule is Cl.NCC(F)(F)CNC(=O)CCC(=O)c1cccs1. The van der Waals surface area contributed by atoms with Crippen LogP contribution in [0.3, 0.4) is 0 Å². The number of hydrogen-bond donors (Lipinski definition) is 2. The normalized spacial score (nSPS) is 10.7. The maximum absolute atomic E-state index is 12.7. The second kappa shape index (κ2) is 8.19. The van der Waals surface area contributed by atoms with Crippen molar-refractivity contribution in [2.75, 3.05) is 13.1 Å². The van der Waals surface area contributed by atoms with Crippen molar-refractivity contribution in [2.45, 2.75) is 18.8 Å². The second-order valence-corrected chi connectivity index (χ2v) is 4.68. The molecule has 0 aliphatic heterocycles. The van der Waals surface area contributed by atoms with Crippen LogP contribution in [0.5, 0.6) is 0 Å². The number of halogens is 3. The van der Waals surface area contributed by atoms with E-state index in [0.29, 0.717) is 4.88 Å². The van der Waals surface area contributed by atoms with E-state index in [1.165, 1.54) is 11.3 Å². The van der Waals surface area contributed by atoms with Gasteiger partial charge in [-0.05, 0) is 11.4 Å². The van der Waals surface area contributed by atoms with Gasteiger partial charge in [-0.1, -0.05) is 6.07 Å². The molecule has 19 heavy (non-hydrogen) atoms. The van der Waals surface area contributed by atoms with Crippen molar-refractivity contribution in [1.82, 2.24) is 5.32 Å². The Morgan fingerprint density at radius 2 is 2.05 bits per heavy atom. The molecule has 0 aliphatic carbocycles. The molecule has 1 aromatic rings. The van der Waals surface area contributed by atoms with Crippen LogP contribution in [0, 0.1) is 0 Å². The first-order valence-electron chi connectivity index (χ1n) is 5.36. The number of hydrogen-bond acceptors (Lipinski definition) is 4. The van der Waals surface area contributed by atoms with Crippen LogP contribution < -0.4 is 11.1 Å². The number of ketones is 1. The van der Waals surface area contributed by atoms with Gasteiger partial charge >= 0.3 is 0 Å². The lowest BCUT2D eigenvalue weighted by Crippen LogP contribution is -2.41. The average Bonchev–Trinajstić information content (AvgIpc) is 2.87. The first kappa shape index (κ1) is 17.9. The van der Waals surface area contributed by atoms with Crippen LogP contribution in [0.15, 0.2) is 17.5 Å². The second-order valence-electron chi connectivity index (χ2n) is 3.74. The zero-order chi connectivity index (χ0) is 13.6. The summed E-state index contributed by atoms with van der Waals surface area (Å²) in [4.78, 5) is 23.3. The summed E-state index contributed by atoms with van der Waals surface area (Å²) >= 11 is 1.29. The Morgan fingerprint density at radius 3 is 2.58 bits per heavy atom. The topological polar surface area (TPSA) is 72.2 Å². The van der Waals surface area contributed by atoms with Crippen molar-refractivity contribution < 1.29 is 18.4 Å². The molecule has 1 amide bonds. The highest BCUT2D eigenvalue weighted by atomic mass is 35.5. The third-order valence-corrected chi connectivity index (χ3v) is 3.13. The predicted octanol–water partition coefficient (Wildman–Crippen LogP) is 1.84. The van der Waals surface area contributed by atoms with E-state index in [2.05, 4.69) is 5.32 Å². The van der Waals surface area contributed by atoms with Gasteiger partial charge < -0.3 is 11.1 Å². The highest BCUT2D eigenvalue weighted by Gasteiger charge is 2.27. The monoisotopic (exact) mass is 312 g/mol. The maximum Gasteiger partial charge on any atom is 0.277 e. The summed E-state index contributed by atoms with van der Waals surface area (Å²) in [6, 6.07) is 3.40. The molecule has 0 atom stereocenters. The van der Waals surface area contributed by atoms with E-state index in [1.807, 2.05) is 0 Å². The van der Waals surface area contributed by atoms with Gasteiger partial charge in [0.15, 0.2) is 5.78 Å². The summed E-state index contributed by atoms with van der Waals surface area (Å²) in [6.07, 6.45) is -0.0854. The number of thiophene rings is 1. The zero-order valence-electron chi connectivity index (χ0n) is 10.0. The molecule has 3 N–H and O–H groups in total. The number of amides is 1. The molecule has 1 heterocycles. The molecule has 4 nitrogen and oxygen atoms in total. The smallest absolute Gasteiger partial charge is 0.277 e. The largest absolute Gasteiger partial charge is 0.350 e. The van der Waals surface area contributed by atoms with Gasteiger partial charge in [-0.3, -0.25) is 9.59 Å². The van der Waals surface area contributed by atoms with Crippen molar-refractivity contribution in [1.29, 1.82) is 0 Å². The molecule has 0 radical (unpaired) electrons. The van der Waals surface area contributed by atoms with Gasteiger partial charge in [-0.25, -0.2) is 8.78 Å². The van der Waals surface area contributed by atoms with Gasteiger partial charge in [-0.15, -0.1) is 23.7 Å². The minimum Gasteiger partial charge on any atom is -0.350 e. The lowest BCUT2D eigenvalue weighted by molar-refractivity contribution is -0.122. The number of Topliss-reactive ketones (excluding diaryl/α,β-unsaturated/α-hetero) is 1. The lowest BCUT2D eigenvalue weighted by atomic mass is 10.2. The average molecular weight is 313 g/mol. The summed E-state index contributed by atoms with van der Waals surface area (Å²) in [7, 11) is 0. The Kier molecular flexibility index (Phi) is 7.73. The molecule has 108 valence electrons. The molecule has 8 heteroatoms. The van der Waals surface area contributed by atoms with Crippen LogP contribution in [-0.4, -0.2) is 30.7 Å². The summed E-state index contributed by atoms with van der Waals surface area (Å²) in [5.74, 6) is -3.84. The Labute approximate surface area is 119 Å². The van der Waals surface area contributed by atoms with E-state index in [-0.39, 0.29) is 31.0 Å². The van der Waals surface area contributed by atoms with Crippen molar-refractivity contribution in [2.24, 2.45) is 5.73 Å². The first-order valence-corrected chi connectivity index (χ1v) is 6.24. The fraction of sp³-hybridized carbons (Fsp3) is 0.455. The predicted molar refractivity (Wildman–Crippen MR) is 72.1 cm³/mol. The van der Waals surface area contributed by atoms with Crippen molar-refractivity contribution >= 4 is 35.4 Å². The first-order chi connectivity index (χ1) is 8.44. The number of alkyl halides is 2. The minimum atomic E-state index is -3.10. The Bertz CT molecular complexity index is 413. The van der Waals surface area contributed by atoms with Crippen molar-refractivity contribution in [3.8, 4) is 0 Å². The molecule has 0 fully saturated rings. The highest BCUT2D eigenvalue weighted by molar-refractivity contribution is 7.12. The summed E-state index contributed by atoms with van der Waals surface area (Å²) in [5, 5.41) is 3.82. The molecule has 0 bridgehead atoms. The summed E-state index contributed by atoms with van der Waals surface area (Å²) in [6.45, 7) is -1.61. The quantitative estimate of drug-likeness (QED) is 0.755. The van der Waals surface area contributed by atoms with Crippen LogP contribution in [0.4, 0.5) is 8.78 Å². The number of nitrogens with two attached hydrogens (primary N) is 1. The molecule has 0 aromatic carbocycles. The number of rotatable bonds is 7. The molecular formula is C11H15ClF2N2O2S. The molecule has 1 aromatic heterocycles. The van der Waals surface area contributed by atoms with Gasteiger partial charge in [-0.2, -0.15) is 0 Å². The Balaban J connectivity index is 0.00000324. The standard InChI is InChI=1S/C11H14F2N2O2S.ClH/c12-11(13,6-14)7-15-10(17)4-3-8(16)9-2-1-5-18-9;/h1-2,5H,3-4,6-7,14H2,(H,15,17);1H. The van der Waals surface area contributed by atoms with Crippen LogP contribution in [0.25, 0.3) is 0 Å². The molecule has 1 rings (SSSR count). The number of carbonyl (C=O) groups is 2. The lowest BCUT2D eigenvalue weighted by Gasteiger charge is -2.14. The number of carbonyl (C=O) groups excluding carboxylic acids is 2. The highest BCUT2D eigenvalue weighted by Crippen LogP contribution is 2.12. The van der Waals surface area contributed by atoms with E-state index in [0.717, 1.165) is 0 Å². The van der Waals surface area contributed by atoms with Crippen LogP contribution in [0.2, 0.25) is 0 Å². The van der Waals surface area contributed by atoms with Crippen LogP contribution >= 0.6 is 23.7 Å². The van der Waals surface area contributed by atoms with Crippen molar-refractivity contribution in [3.63, 3.8) is 0 Å². The minimum absolute atomic E-state index is 0. The van der Waals surface area contributed by atoms with Crippen molar-refractivity contribution in [3.05, 3.63) is 22.4 Å². The van der Waals surface area contributed by atoms with E-state index >= 15 is 0 Å². The zero-order valence-corrected chi connectivity index (χ0v) is 11.7. The molecule has 0 spiro atoms. The maximum atomic E-state index is 12.7. The fourth-order valence-electron chi connectivity index (χ4n) is 1.18. The fourth-order valence-corrected chi connectivity index (χ4v) is 1.87. The molecule has 0 saturated heterocycles. The van der Waals surface area contributed by atoms with Gasteiger partial charge in [0.05, 0.1) is 18.0 Å². The molecule has 0 saturated carbocycles. The van der Waals surface area contributed by atoms with E-state index in [1.54, 1.807) is 17.5 Å². The molecule has 0 unspecified atom stereocenters. The summed E-state index contributed by atoms with van der Waals surface area (Å²) in [5.41, 5.74) is 4.82. The van der Waals surface area contributed by atoms with Gasteiger partial charge in [0.25, 0.3) is 5.92 Å². The third-order valence-electron chi connectivity index (χ3n) is 2.22. The number of nitrogens with one attached hydrogen (secondary N) is 1. The molecule has 0 aliphatic rings. The molecular weight excluding hydrogens is 298 g/mol. The van der Waals surface area contributed by atoms with Crippen LogP contribution in [0.1, 0.15) is 22.5 Å². The van der Waals surface area contributed by atoms with E-state index in [9.17, 15) is 18.4 Å². The third kappa shape index (κ3) is 6.60. The van der Waals surface area contributed by atoms with Crippen LogP contribution in [-0.2, 0) is 4.79 Å². The van der Waals surface area contributed by atoms with Gasteiger partial charge in [0.2, 0.25) is 5.91 Å². The summed E-state index contributed by atoms with van der Waals surface area (Å²) < 4.78 is 25.5. The van der Waals surface area contributed by atoms with E-state index < -0.39 is 24.9 Å².